The first-order valence-corrected chi connectivity index (χ1v) is 11.0. The van der Waals surface area contributed by atoms with Gasteiger partial charge in [0.05, 0.1) is 6.54 Å². The Kier molecular flexibility index (Phi) is 6.18. The number of fused-ring (bicyclic) bond motifs is 3. The summed E-state index contributed by atoms with van der Waals surface area (Å²) in [5.74, 6) is 1.59. The summed E-state index contributed by atoms with van der Waals surface area (Å²) >= 11 is 0. The lowest BCUT2D eigenvalue weighted by atomic mass is 10.1. The molecule has 2 bridgehead atoms. The van der Waals surface area contributed by atoms with Crippen LogP contribution < -0.4 is 10.6 Å². The maximum absolute atomic E-state index is 12.7. The third-order valence-corrected chi connectivity index (χ3v) is 6.74. The molecular weight excluding hydrogens is 340 g/mol. The van der Waals surface area contributed by atoms with Gasteiger partial charge in [0.25, 0.3) is 0 Å². The van der Waals surface area contributed by atoms with Crippen LogP contribution in [0.15, 0.2) is 4.99 Å². The van der Waals surface area contributed by atoms with Crippen molar-refractivity contribution in [1.82, 2.24) is 25.3 Å². The summed E-state index contributed by atoms with van der Waals surface area (Å²) in [6.07, 6.45) is 5.64. The first-order valence-electron chi connectivity index (χ1n) is 11.0. The number of guanidine groups is 1. The lowest BCUT2D eigenvalue weighted by Gasteiger charge is -2.47. The molecule has 0 spiro atoms. The van der Waals surface area contributed by atoms with Gasteiger partial charge in [-0.25, -0.2) is 0 Å². The monoisotopic (exact) mass is 376 g/mol. The van der Waals surface area contributed by atoms with Crippen molar-refractivity contribution >= 4 is 11.9 Å². The van der Waals surface area contributed by atoms with E-state index in [2.05, 4.69) is 32.3 Å². The van der Waals surface area contributed by atoms with E-state index in [0.29, 0.717) is 18.0 Å². The van der Waals surface area contributed by atoms with E-state index in [1.165, 1.54) is 39.0 Å². The summed E-state index contributed by atoms with van der Waals surface area (Å²) < 4.78 is 0. The third-order valence-electron chi connectivity index (χ3n) is 6.74. The predicted octanol–water partition coefficient (Wildman–Crippen LogP) is 0.332. The molecule has 7 heteroatoms. The van der Waals surface area contributed by atoms with Gasteiger partial charge in [-0.1, -0.05) is 12.8 Å². The lowest BCUT2D eigenvalue weighted by molar-refractivity contribution is -0.134. The SMILES string of the molecule is CCNC(=NCC1CN2CCN1CC2)NC1CCN(C(=O)C2CCCC2)C1. The van der Waals surface area contributed by atoms with Crippen LogP contribution >= 0.6 is 0 Å². The minimum absolute atomic E-state index is 0.288. The number of carbonyl (C=O) groups excluding carboxylic acids is 1. The molecular formula is C20H36N6O. The topological polar surface area (TPSA) is 63.2 Å². The quantitative estimate of drug-likeness (QED) is 0.535. The average molecular weight is 377 g/mol. The van der Waals surface area contributed by atoms with Crippen LogP contribution in [0.3, 0.4) is 0 Å². The highest BCUT2D eigenvalue weighted by Crippen LogP contribution is 2.27. The fourth-order valence-corrected chi connectivity index (χ4v) is 5.12. The molecule has 5 rings (SSSR count). The van der Waals surface area contributed by atoms with E-state index in [9.17, 15) is 4.79 Å². The highest BCUT2D eigenvalue weighted by molar-refractivity contribution is 5.81. The Balaban J connectivity index is 1.28. The van der Waals surface area contributed by atoms with Crippen molar-refractivity contribution < 1.29 is 4.79 Å². The second kappa shape index (κ2) is 8.78. The minimum atomic E-state index is 0.288. The number of hydrogen-bond acceptors (Lipinski definition) is 4. The fraction of sp³-hybridized carbons (Fsp3) is 0.900. The van der Waals surface area contributed by atoms with E-state index < -0.39 is 0 Å². The van der Waals surface area contributed by atoms with Crippen LogP contribution in [0, 0.1) is 5.92 Å². The van der Waals surface area contributed by atoms with Crippen molar-refractivity contribution in [1.29, 1.82) is 0 Å². The van der Waals surface area contributed by atoms with Crippen molar-refractivity contribution in [3.63, 3.8) is 0 Å². The van der Waals surface area contributed by atoms with Crippen LogP contribution in [0.4, 0.5) is 0 Å². The van der Waals surface area contributed by atoms with Gasteiger partial charge < -0.3 is 15.5 Å². The van der Waals surface area contributed by atoms with E-state index in [4.69, 9.17) is 4.99 Å². The van der Waals surface area contributed by atoms with E-state index in [1.54, 1.807) is 0 Å². The Labute approximate surface area is 163 Å². The third kappa shape index (κ3) is 4.57. The van der Waals surface area contributed by atoms with Crippen molar-refractivity contribution in [2.45, 2.75) is 51.1 Å². The van der Waals surface area contributed by atoms with Gasteiger partial charge in [0.2, 0.25) is 5.91 Å². The number of carbonyl (C=O) groups is 1. The normalized spacial score (nSPS) is 34.3. The molecule has 2 atom stereocenters. The molecule has 152 valence electrons. The van der Waals surface area contributed by atoms with Gasteiger partial charge in [-0.2, -0.15) is 0 Å². The van der Waals surface area contributed by atoms with Crippen molar-refractivity contribution in [3.8, 4) is 0 Å². The number of nitrogens with one attached hydrogen (secondary N) is 2. The number of piperazine rings is 3. The van der Waals surface area contributed by atoms with Gasteiger partial charge in [-0.3, -0.25) is 19.6 Å². The largest absolute Gasteiger partial charge is 0.357 e. The average Bonchev–Trinajstić information content (AvgIpc) is 3.39. The van der Waals surface area contributed by atoms with Gasteiger partial charge >= 0.3 is 0 Å². The molecule has 4 aliphatic heterocycles. The lowest BCUT2D eigenvalue weighted by Crippen LogP contribution is -2.62. The highest BCUT2D eigenvalue weighted by atomic mass is 16.2. The zero-order chi connectivity index (χ0) is 18.6. The summed E-state index contributed by atoms with van der Waals surface area (Å²) in [6.45, 7) is 11.5. The maximum atomic E-state index is 12.7. The Morgan fingerprint density at radius 1 is 1.04 bits per heavy atom. The highest BCUT2D eigenvalue weighted by Gasteiger charge is 2.33. The molecule has 0 aromatic carbocycles. The van der Waals surface area contributed by atoms with E-state index in [0.717, 1.165) is 57.9 Å². The van der Waals surface area contributed by atoms with Gasteiger partial charge in [0, 0.05) is 70.4 Å². The summed E-state index contributed by atoms with van der Waals surface area (Å²) in [7, 11) is 0. The van der Waals surface area contributed by atoms with Crippen molar-refractivity contribution in [3.05, 3.63) is 0 Å². The number of rotatable bonds is 5. The van der Waals surface area contributed by atoms with E-state index >= 15 is 0 Å². The molecule has 5 aliphatic rings. The second-order valence-corrected chi connectivity index (χ2v) is 8.61. The molecule has 1 aliphatic carbocycles. The van der Waals surface area contributed by atoms with Crippen LogP contribution in [-0.4, -0.2) is 97.6 Å². The summed E-state index contributed by atoms with van der Waals surface area (Å²) in [4.78, 5) is 24.8. The van der Waals surface area contributed by atoms with Crippen LogP contribution in [-0.2, 0) is 4.79 Å². The van der Waals surface area contributed by atoms with Crippen LogP contribution in [0.1, 0.15) is 39.0 Å². The Hall–Kier alpha value is -1.34. The second-order valence-electron chi connectivity index (χ2n) is 8.61. The van der Waals surface area contributed by atoms with Crippen molar-refractivity contribution in [2.75, 3.05) is 58.9 Å². The van der Waals surface area contributed by atoms with Gasteiger partial charge in [0.1, 0.15) is 0 Å². The van der Waals surface area contributed by atoms with Crippen LogP contribution in [0.2, 0.25) is 0 Å². The van der Waals surface area contributed by atoms with Crippen LogP contribution in [0.25, 0.3) is 0 Å². The number of hydrogen-bond donors (Lipinski definition) is 2. The fourth-order valence-electron chi connectivity index (χ4n) is 5.12. The number of aliphatic imine (C=N–C) groups is 1. The van der Waals surface area contributed by atoms with Gasteiger partial charge in [-0.05, 0) is 26.2 Å². The molecule has 1 amide bonds. The number of nitrogens with zero attached hydrogens (tertiary/aromatic N) is 4. The summed E-state index contributed by atoms with van der Waals surface area (Å²) in [5, 5.41) is 6.98. The number of likely N-dealkylation sites (tertiary alicyclic amines) is 1. The van der Waals surface area contributed by atoms with Gasteiger partial charge in [-0.15, -0.1) is 0 Å². The molecule has 27 heavy (non-hydrogen) atoms. The minimum Gasteiger partial charge on any atom is -0.357 e. The zero-order valence-electron chi connectivity index (χ0n) is 16.8. The maximum Gasteiger partial charge on any atom is 0.225 e. The molecule has 0 aromatic heterocycles. The molecule has 0 aromatic rings. The molecule has 4 heterocycles. The van der Waals surface area contributed by atoms with E-state index in [-0.39, 0.29) is 5.92 Å². The molecule has 7 nitrogen and oxygen atoms in total. The molecule has 1 saturated carbocycles. The molecule has 0 radical (unpaired) electrons. The molecule has 5 fully saturated rings. The Bertz CT molecular complexity index is 539. The number of amides is 1. The van der Waals surface area contributed by atoms with Gasteiger partial charge in [0.15, 0.2) is 5.96 Å². The molecule has 2 unspecified atom stereocenters. The smallest absolute Gasteiger partial charge is 0.225 e. The Morgan fingerprint density at radius 2 is 1.81 bits per heavy atom. The summed E-state index contributed by atoms with van der Waals surface area (Å²) in [6, 6.07) is 0.868. The standard InChI is InChI=1S/C20H36N6O/c1-2-21-20(22-13-18-15-24-9-11-25(18)12-10-24)23-17-7-8-26(14-17)19(27)16-5-3-4-6-16/h16-18H,2-15H2,1H3,(H2,21,22,23). The summed E-state index contributed by atoms with van der Waals surface area (Å²) in [5.41, 5.74) is 0. The molecule has 4 saturated heterocycles. The zero-order valence-corrected chi connectivity index (χ0v) is 16.8. The first-order chi connectivity index (χ1) is 13.2. The van der Waals surface area contributed by atoms with E-state index in [1.807, 2.05) is 0 Å². The predicted molar refractivity (Wildman–Crippen MR) is 108 cm³/mol. The Morgan fingerprint density at radius 3 is 2.48 bits per heavy atom. The first kappa shape index (κ1) is 19.0. The van der Waals surface area contributed by atoms with Crippen LogP contribution in [0.5, 0.6) is 0 Å². The van der Waals surface area contributed by atoms with Crippen molar-refractivity contribution in [2.24, 2.45) is 10.9 Å². The molecule has 2 N–H and O–H groups in total.